The Balaban J connectivity index is 0. The van der Waals surface area contributed by atoms with Gasteiger partial charge in [0.25, 0.3) is 0 Å². The number of benzene rings is 1. The molecule has 0 amide bonds. The molecular formula is C19H26. The van der Waals surface area contributed by atoms with Crippen LogP contribution in [0.3, 0.4) is 0 Å². The molecule has 0 heterocycles. The largest absolute Gasteiger partial charge is 0.0991 e. The lowest BCUT2D eigenvalue weighted by molar-refractivity contribution is 1.43. The summed E-state index contributed by atoms with van der Waals surface area (Å²) in [7, 11) is 0. The van der Waals surface area contributed by atoms with E-state index in [1.165, 1.54) is 11.1 Å². The second-order valence-corrected chi connectivity index (χ2v) is 3.99. The van der Waals surface area contributed by atoms with E-state index < -0.39 is 0 Å². The van der Waals surface area contributed by atoms with Gasteiger partial charge in [-0.25, -0.2) is 0 Å². The lowest BCUT2D eigenvalue weighted by atomic mass is 10.0. The van der Waals surface area contributed by atoms with Crippen LogP contribution < -0.4 is 0 Å². The zero-order valence-electron chi connectivity index (χ0n) is 11.4. The van der Waals surface area contributed by atoms with Crippen molar-refractivity contribution < 1.29 is 0 Å². The predicted octanol–water partition coefficient (Wildman–Crippen LogP) is 6.14. The first-order valence-corrected chi connectivity index (χ1v) is 5.84. The molecule has 0 aliphatic rings. The summed E-state index contributed by atoms with van der Waals surface area (Å²) < 4.78 is 0. The first-order valence-electron chi connectivity index (χ1n) is 5.84. The molecule has 0 nitrogen and oxygen atoms in total. The molecule has 0 spiro atoms. The Kier molecular flexibility index (Phi) is 11.2. The second-order valence-electron chi connectivity index (χ2n) is 3.99. The van der Waals surface area contributed by atoms with Crippen molar-refractivity contribution in [2.75, 3.05) is 0 Å². The molecular weight excluding hydrogens is 228 g/mol. The van der Waals surface area contributed by atoms with Crippen LogP contribution in [0.5, 0.6) is 0 Å². The van der Waals surface area contributed by atoms with Gasteiger partial charge in [-0.05, 0) is 30.5 Å². The molecule has 0 atom stereocenters. The smallest absolute Gasteiger partial charge is 0.0161 e. The van der Waals surface area contributed by atoms with Gasteiger partial charge < -0.3 is 0 Å². The third-order valence-electron chi connectivity index (χ3n) is 2.25. The van der Waals surface area contributed by atoms with Crippen LogP contribution >= 0.6 is 0 Å². The number of hydrogen-bond acceptors (Lipinski definition) is 0. The molecule has 0 unspecified atom stereocenters. The summed E-state index contributed by atoms with van der Waals surface area (Å²) >= 11 is 0. The minimum atomic E-state index is 0. The van der Waals surface area contributed by atoms with Gasteiger partial charge in [0.2, 0.25) is 0 Å². The Morgan fingerprint density at radius 1 is 1.11 bits per heavy atom. The molecule has 0 saturated carbocycles. The van der Waals surface area contributed by atoms with E-state index in [1.807, 2.05) is 31.2 Å². The lowest BCUT2D eigenvalue weighted by Crippen LogP contribution is -1.82. The van der Waals surface area contributed by atoms with E-state index in [1.54, 1.807) is 12.2 Å². The molecule has 0 heteroatoms. The van der Waals surface area contributed by atoms with Gasteiger partial charge in [-0.2, -0.15) is 0 Å². The summed E-state index contributed by atoms with van der Waals surface area (Å²) in [6, 6.07) is 8.16. The van der Waals surface area contributed by atoms with Crippen molar-refractivity contribution >= 4 is 5.57 Å². The van der Waals surface area contributed by atoms with Gasteiger partial charge in [0.1, 0.15) is 0 Å². The van der Waals surface area contributed by atoms with Crippen LogP contribution in [0.1, 0.15) is 25.5 Å². The summed E-state index contributed by atoms with van der Waals surface area (Å²) in [6.07, 6.45) is 7.28. The maximum absolute atomic E-state index is 3.89. The highest BCUT2D eigenvalue weighted by atomic mass is 14.0. The summed E-state index contributed by atoms with van der Waals surface area (Å²) in [5.74, 6) is 0. The summed E-state index contributed by atoms with van der Waals surface area (Å²) in [5.41, 5.74) is 4.47. The Morgan fingerprint density at radius 2 is 1.68 bits per heavy atom. The third kappa shape index (κ3) is 8.62. The molecule has 0 fully saturated rings. The van der Waals surface area contributed by atoms with E-state index in [-0.39, 0.29) is 7.43 Å². The van der Waals surface area contributed by atoms with Crippen LogP contribution in [0.2, 0.25) is 0 Å². The van der Waals surface area contributed by atoms with Crippen LogP contribution in [0.4, 0.5) is 0 Å². The van der Waals surface area contributed by atoms with Gasteiger partial charge in [-0.3, -0.25) is 0 Å². The molecule has 19 heavy (non-hydrogen) atoms. The van der Waals surface area contributed by atoms with Crippen LogP contribution in [0, 0.1) is 6.92 Å². The number of aryl methyl sites for hydroxylation is 1. The highest BCUT2D eigenvalue weighted by Gasteiger charge is 1.96. The van der Waals surface area contributed by atoms with Crippen LogP contribution in [-0.2, 0) is 0 Å². The van der Waals surface area contributed by atoms with Crippen molar-refractivity contribution in [2.24, 2.45) is 0 Å². The van der Waals surface area contributed by atoms with Crippen molar-refractivity contribution in [1.82, 2.24) is 0 Å². The van der Waals surface area contributed by atoms with Gasteiger partial charge in [-0.15, -0.1) is 0 Å². The topological polar surface area (TPSA) is 0 Å². The van der Waals surface area contributed by atoms with Gasteiger partial charge >= 0.3 is 0 Å². The highest BCUT2D eigenvalue weighted by Crippen LogP contribution is 2.16. The average molecular weight is 254 g/mol. The Labute approximate surface area is 119 Å². The molecule has 0 aliphatic heterocycles. The van der Waals surface area contributed by atoms with E-state index in [0.29, 0.717) is 0 Å². The molecule has 0 N–H and O–H groups in total. The maximum Gasteiger partial charge on any atom is -0.0161 e. The maximum atomic E-state index is 3.89. The fourth-order valence-corrected chi connectivity index (χ4v) is 1.28. The summed E-state index contributed by atoms with van der Waals surface area (Å²) in [6.45, 7) is 18.7. The first kappa shape index (κ1) is 19.3. The average Bonchev–Trinajstić information content (AvgIpc) is 2.36. The van der Waals surface area contributed by atoms with Crippen LogP contribution in [-0.4, -0.2) is 0 Å². The number of allylic oxidation sites excluding steroid dienone is 6. The zero-order chi connectivity index (χ0) is 14.0. The molecule has 0 radical (unpaired) electrons. The third-order valence-corrected chi connectivity index (χ3v) is 2.25. The minimum absolute atomic E-state index is 0. The SMILES string of the molecule is C.C=C/C=C\C(=C)C.C=CC(=C)c1ccccc1C. The van der Waals surface area contributed by atoms with Crippen molar-refractivity contribution in [3.05, 3.63) is 91.6 Å². The Morgan fingerprint density at radius 3 is 2.05 bits per heavy atom. The Bertz CT molecular complexity index is 459. The lowest BCUT2D eigenvalue weighted by Gasteiger charge is -2.03. The second kappa shape index (κ2) is 11.0. The minimum Gasteiger partial charge on any atom is -0.0991 e. The molecule has 0 aliphatic carbocycles. The van der Waals surface area contributed by atoms with E-state index in [9.17, 15) is 0 Å². The zero-order valence-corrected chi connectivity index (χ0v) is 11.4. The molecule has 0 bridgehead atoms. The van der Waals surface area contributed by atoms with E-state index in [4.69, 9.17) is 0 Å². The monoisotopic (exact) mass is 254 g/mol. The van der Waals surface area contributed by atoms with E-state index >= 15 is 0 Å². The highest BCUT2D eigenvalue weighted by molar-refractivity contribution is 5.73. The van der Waals surface area contributed by atoms with Gasteiger partial charge in [0.15, 0.2) is 0 Å². The molecule has 1 rings (SSSR count). The molecule has 102 valence electrons. The van der Waals surface area contributed by atoms with Crippen LogP contribution in [0.15, 0.2) is 80.5 Å². The quantitative estimate of drug-likeness (QED) is 0.566. The predicted molar refractivity (Wildman–Crippen MR) is 91.3 cm³/mol. The summed E-state index contributed by atoms with van der Waals surface area (Å²) in [4.78, 5) is 0. The molecule has 0 saturated heterocycles. The van der Waals surface area contributed by atoms with Crippen molar-refractivity contribution in [3.63, 3.8) is 0 Å². The van der Waals surface area contributed by atoms with E-state index in [2.05, 4.69) is 45.4 Å². The van der Waals surface area contributed by atoms with Crippen molar-refractivity contribution in [3.8, 4) is 0 Å². The molecule has 0 aromatic heterocycles. The van der Waals surface area contributed by atoms with Crippen molar-refractivity contribution in [2.45, 2.75) is 21.3 Å². The fraction of sp³-hybridized carbons (Fsp3) is 0.158. The molecule has 1 aromatic rings. The van der Waals surface area contributed by atoms with Crippen molar-refractivity contribution in [1.29, 1.82) is 0 Å². The normalized spacial score (nSPS) is 8.74. The molecule has 1 aromatic carbocycles. The first-order chi connectivity index (χ1) is 8.52. The van der Waals surface area contributed by atoms with Gasteiger partial charge in [0, 0.05) is 0 Å². The standard InChI is InChI=1S/C11H12.C7H10.CH4/c1-4-9(2)11-8-6-5-7-10(11)3;1-4-5-6-7(2)3;/h4-8H,1-2H2,3H3;4-6H,1-2H2,3H3;1H4/b;6-5-;. The van der Waals surface area contributed by atoms with Crippen LogP contribution in [0.25, 0.3) is 5.57 Å². The fourth-order valence-electron chi connectivity index (χ4n) is 1.28. The van der Waals surface area contributed by atoms with Gasteiger partial charge in [-0.1, -0.05) is 87.9 Å². The number of hydrogen-bond donors (Lipinski definition) is 0. The summed E-state index contributed by atoms with van der Waals surface area (Å²) in [5, 5.41) is 0. The Hall–Kier alpha value is -2.08. The van der Waals surface area contributed by atoms with Gasteiger partial charge in [0.05, 0.1) is 0 Å². The van der Waals surface area contributed by atoms with E-state index in [0.717, 1.165) is 11.1 Å². The number of rotatable bonds is 4.